The second-order valence-corrected chi connectivity index (χ2v) is 6.55. The summed E-state index contributed by atoms with van der Waals surface area (Å²) in [5.74, 6) is 0. The number of sulfonamides is 1. The van der Waals surface area contributed by atoms with Crippen LogP contribution in [0.5, 0.6) is 0 Å². The lowest BCUT2D eigenvalue weighted by atomic mass is 10.3. The fourth-order valence-corrected chi connectivity index (χ4v) is 3.12. The molecule has 0 aromatic heterocycles. The largest absolute Gasteiger partial charge is 0.289 e. The van der Waals surface area contributed by atoms with Gasteiger partial charge in [0.2, 0.25) is 0 Å². The van der Waals surface area contributed by atoms with Gasteiger partial charge in [-0.2, -0.15) is 0 Å². The highest BCUT2D eigenvalue weighted by molar-refractivity contribution is 7.92. The standard InChI is InChI=1S/C13H11ClN2O4S/c1-15(21(19,20)11-5-3-2-4-6-11)10-7-8-12(14)13(9-10)16(17)18/h2-9H,1H3. The van der Waals surface area contributed by atoms with Crippen LogP contribution >= 0.6 is 11.6 Å². The van der Waals surface area contributed by atoms with Crippen molar-refractivity contribution in [2.24, 2.45) is 0 Å². The first-order chi connectivity index (χ1) is 9.84. The highest BCUT2D eigenvalue weighted by Gasteiger charge is 2.23. The van der Waals surface area contributed by atoms with Gasteiger partial charge < -0.3 is 0 Å². The minimum absolute atomic E-state index is 0.0470. The average Bonchev–Trinajstić information content (AvgIpc) is 2.47. The van der Waals surface area contributed by atoms with Crippen molar-refractivity contribution in [3.05, 3.63) is 63.7 Å². The van der Waals surface area contributed by atoms with Crippen LogP contribution in [-0.2, 0) is 10.0 Å². The van der Waals surface area contributed by atoms with E-state index in [4.69, 9.17) is 11.6 Å². The van der Waals surface area contributed by atoms with Gasteiger partial charge in [0.15, 0.2) is 0 Å². The molecule has 0 bridgehead atoms. The Labute approximate surface area is 126 Å². The molecule has 2 aromatic rings. The van der Waals surface area contributed by atoms with Gasteiger partial charge in [0.1, 0.15) is 5.02 Å². The predicted octanol–water partition coefficient (Wildman–Crippen LogP) is 3.07. The summed E-state index contributed by atoms with van der Waals surface area (Å²) in [5.41, 5.74) is -0.181. The van der Waals surface area contributed by atoms with Crippen LogP contribution in [0, 0.1) is 10.1 Å². The summed E-state index contributed by atoms with van der Waals surface area (Å²) in [7, 11) is -2.45. The van der Waals surface area contributed by atoms with Gasteiger partial charge >= 0.3 is 0 Å². The summed E-state index contributed by atoms with van der Waals surface area (Å²) in [4.78, 5) is 10.3. The molecule has 8 heteroatoms. The van der Waals surface area contributed by atoms with Crippen molar-refractivity contribution in [2.75, 3.05) is 11.4 Å². The first-order valence-electron chi connectivity index (χ1n) is 5.82. The Hall–Kier alpha value is -2.12. The van der Waals surface area contributed by atoms with Crippen molar-refractivity contribution in [3.8, 4) is 0 Å². The van der Waals surface area contributed by atoms with E-state index in [0.29, 0.717) is 0 Å². The molecular weight excluding hydrogens is 316 g/mol. The monoisotopic (exact) mass is 326 g/mol. The van der Waals surface area contributed by atoms with Crippen LogP contribution < -0.4 is 4.31 Å². The van der Waals surface area contributed by atoms with Crippen molar-refractivity contribution in [3.63, 3.8) is 0 Å². The molecule has 2 aromatic carbocycles. The van der Waals surface area contributed by atoms with Crippen LogP contribution in [0.4, 0.5) is 11.4 Å². The van der Waals surface area contributed by atoms with Crippen LogP contribution in [0.3, 0.4) is 0 Å². The van der Waals surface area contributed by atoms with E-state index >= 15 is 0 Å². The first-order valence-corrected chi connectivity index (χ1v) is 7.64. The van der Waals surface area contributed by atoms with E-state index in [1.165, 1.54) is 31.3 Å². The van der Waals surface area contributed by atoms with Crippen LogP contribution in [0.15, 0.2) is 53.4 Å². The van der Waals surface area contributed by atoms with Gasteiger partial charge in [0.25, 0.3) is 15.7 Å². The molecule has 21 heavy (non-hydrogen) atoms. The van der Waals surface area contributed by atoms with Gasteiger partial charge in [-0.3, -0.25) is 14.4 Å². The van der Waals surface area contributed by atoms with E-state index in [0.717, 1.165) is 10.4 Å². The second-order valence-electron chi connectivity index (χ2n) is 4.18. The summed E-state index contributed by atoms with van der Waals surface area (Å²) >= 11 is 5.72. The molecule has 0 aliphatic rings. The molecule has 0 aliphatic carbocycles. The number of hydrogen-bond acceptors (Lipinski definition) is 4. The molecule has 6 nitrogen and oxygen atoms in total. The molecule has 2 rings (SSSR count). The zero-order chi connectivity index (χ0) is 15.6. The molecule has 0 saturated carbocycles. The van der Waals surface area contributed by atoms with E-state index in [1.807, 2.05) is 0 Å². The number of hydrogen-bond donors (Lipinski definition) is 0. The number of rotatable bonds is 4. The third-order valence-electron chi connectivity index (χ3n) is 2.89. The van der Waals surface area contributed by atoms with Crippen molar-refractivity contribution < 1.29 is 13.3 Å². The summed E-state index contributed by atoms with van der Waals surface area (Å²) in [6.07, 6.45) is 0. The maximum Gasteiger partial charge on any atom is 0.289 e. The number of nitro benzene ring substituents is 1. The molecule has 0 atom stereocenters. The molecule has 0 heterocycles. The van der Waals surface area contributed by atoms with E-state index in [1.54, 1.807) is 18.2 Å². The number of halogens is 1. The molecule has 0 fully saturated rings. The van der Waals surface area contributed by atoms with Gasteiger partial charge in [-0.25, -0.2) is 8.42 Å². The number of nitrogens with zero attached hydrogens (tertiary/aromatic N) is 2. The third-order valence-corrected chi connectivity index (χ3v) is 5.01. The summed E-state index contributed by atoms with van der Waals surface area (Å²) in [5, 5.41) is 10.8. The zero-order valence-electron chi connectivity index (χ0n) is 10.9. The van der Waals surface area contributed by atoms with Crippen LogP contribution in [-0.4, -0.2) is 20.4 Å². The zero-order valence-corrected chi connectivity index (χ0v) is 12.5. The Bertz CT molecular complexity index is 778. The molecule has 0 radical (unpaired) electrons. The fraction of sp³-hybridized carbons (Fsp3) is 0.0769. The summed E-state index contributed by atoms with van der Waals surface area (Å²) < 4.78 is 25.8. The minimum Gasteiger partial charge on any atom is -0.269 e. The Morgan fingerprint density at radius 1 is 1.14 bits per heavy atom. The predicted molar refractivity (Wildman–Crippen MR) is 80.1 cm³/mol. The molecule has 0 saturated heterocycles. The van der Waals surface area contributed by atoms with Gasteiger partial charge in [0, 0.05) is 13.1 Å². The number of benzene rings is 2. The maximum atomic E-state index is 12.4. The van der Waals surface area contributed by atoms with Crippen molar-refractivity contribution in [2.45, 2.75) is 4.90 Å². The lowest BCUT2D eigenvalue weighted by Gasteiger charge is -2.19. The SMILES string of the molecule is CN(c1ccc(Cl)c([N+](=O)[O-])c1)S(=O)(=O)c1ccccc1. The minimum atomic E-state index is -3.78. The third kappa shape index (κ3) is 2.98. The molecule has 0 amide bonds. The topological polar surface area (TPSA) is 80.5 Å². The first kappa shape index (κ1) is 15.3. The van der Waals surface area contributed by atoms with E-state index in [2.05, 4.69) is 0 Å². The number of nitro groups is 1. The summed E-state index contributed by atoms with van der Waals surface area (Å²) in [6.45, 7) is 0. The fourth-order valence-electron chi connectivity index (χ4n) is 1.73. The van der Waals surface area contributed by atoms with Gasteiger partial charge in [-0.1, -0.05) is 29.8 Å². The van der Waals surface area contributed by atoms with Crippen LogP contribution in [0.2, 0.25) is 5.02 Å². The Balaban J connectivity index is 2.48. The van der Waals surface area contributed by atoms with Crippen LogP contribution in [0.25, 0.3) is 0 Å². The van der Waals surface area contributed by atoms with Gasteiger partial charge in [0.05, 0.1) is 15.5 Å². The van der Waals surface area contributed by atoms with E-state index in [9.17, 15) is 18.5 Å². The Morgan fingerprint density at radius 2 is 1.76 bits per heavy atom. The van der Waals surface area contributed by atoms with Gasteiger partial charge in [-0.05, 0) is 24.3 Å². The Kier molecular flexibility index (Phi) is 4.15. The average molecular weight is 327 g/mol. The van der Waals surface area contributed by atoms with E-state index < -0.39 is 14.9 Å². The molecule has 0 N–H and O–H groups in total. The van der Waals surface area contributed by atoms with Crippen molar-refractivity contribution in [1.82, 2.24) is 0 Å². The molecule has 0 spiro atoms. The maximum absolute atomic E-state index is 12.4. The Morgan fingerprint density at radius 3 is 2.33 bits per heavy atom. The molecular formula is C13H11ClN2O4S. The molecule has 0 aliphatic heterocycles. The second kappa shape index (κ2) is 5.71. The molecule has 110 valence electrons. The smallest absolute Gasteiger partial charge is 0.269 e. The summed E-state index contributed by atoms with van der Waals surface area (Å²) in [6, 6.07) is 11.7. The normalized spacial score (nSPS) is 11.1. The molecule has 0 unspecified atom stereocenters. The van der Waals surface area contributed by atoms with Crippen LogP contribution in [0.1, 0.15) is 0 Å². The van der Waals surface area contributed by atoms with Crippen molar-refractivity contribution in [1.29, 1.82) is 0 Å². The highest BCUT2D eigenvalue weighted by atomic mass is 35.5. The quantitative estimate of drug-likeness (QED) is 0.638. The van der Waals surface area contributed by atoms with E-state index in [-0.39, 0.29) is 21.3 Å². The lowest BCUT2D eigenvalue weighted by Crippen LogP contribution is -2.26. The van der Waals surface area contributed by atoms with Gasteiger partial charge in [-0.15, -0.1) is 0 Å². The number of anilines is 1. The lowest BCUT2D eigenvalue weighted by molar-refractivity contribution is -0.384. The van der Waals surface area contributed by atoms with Crippen molar-refractivity contribution >= 4 is 33.0 Å². The highest BCUT2D eigenvalue weighted by Crippen LogP contribution is 2.31.